The SMILES string of the molecule is COc1cccc(CCCNC(=S)Nc2cccc(C)c2)c1. The summed E-state index contributed by atoms with van der Waals surface area (Å²) in [6.45, 7) is 2.91. The summed E-state index contributed by atoms with van der Waals surface area (Å²) in [6, 6.07) is 16.3. The number of hydrogen-bond donors (Lipinski definition) is 2. The number of thiocarbonyl (C=S) groups is 1. The van der Waals surface area contributed by atoms with Gasteiger partial charge in [0.1, 0.15) is 5.75 Å². The van der Waals surface area contributed by atoms with Crippen molar-refractivity contribution in [1.29, 1.82) is 0 Å². The fraction of sp³-hybridized carbons (Fsp3) is 0.278. The molecule has 3 nitrogen and oxygen atoms in total. The normalized spacial score (nSPS) is 10.1. The van der Waals surface area contributed by atoms with Crippen molar-refractivity contribution < 1.29 is 4.74 Å². The number of hydrogen-bond acceptors (Lipinski definition) is 2. The van der Waals surface area contributed by atoms with Gasteiger partial charge in [-0.05, 0) is 67.4 Å². The third-order valence-corrected chi connectivity index (χ3v) is 3.58. The minimum absolute atomic E-state index is 0.663. The molecule has 0 amide bonds. The Morgan fingerprint density at radius 1 is 1.14 bits per heavy atom. The van der Waals surface area contributed by atoms with E-state index < -0.39 is 0 Å². The average molecular weight is 314 g/mol. The molecule has 0 bridgehead atoms. The molecule has 0 saturated carbocycles. The minimum Gasteiger partial charge on any atom is -0.497 e. The van der Waals surface area contributed by atoms with Crippen LogP contribution in [0.5, 0.6) is 5.75 Å². The fourth-order valence-corrected chi connectivity index (χ4v) is 2.44. The molecular weight excluding hydrogens is 292 g/mol. The van der Waals surface area contributed by atoms with Crippen LogP contribution < -0.4 is 15.4 Å². The molecule has 0 saturated heterocycles. The van der Waals surface area contributed by atoms with Gasteiger partial charge in [-0.25, -0.2) is 0 Å². The summed E-state index contributed by atoms with van der Waals surface area (Å²) in [5, 5.41) is 7.10. The summed E-state index contributed by atoms with van der Waals surface area (Å²) in [6.07, 6.45) is 2.01. The van der Waals surface area contributed by atoms with Crippen molar-refractivity contribution in [3.05, 3.63) is 59.7 Å². The van der Waals surface area contributed by atoms with E-state index in [1.165, 1.54) is 11.1 Å². The van der Waals surface area contributed by atoms with Crippen molar-refractivity contribution >= 4 is 23.0 Å². The Balaban J connectivity index is 1.70. The maximum Gasteiger partial charge on any atom is 0.170 e. The maximum absolute atomic E-state index is 5.31. The first kappa shape index (κ1) is 16.3. The number of methoxy groups -OCH3 is 1. The lowest BCUT2D eigenvalue weighted by Crippen LogP contribution is -2.29. The molecule has 0 fully saturated rings. The molecule has 2 N–H and O–H groups in total. The summed E-state index contributed by atoms with van der Waals surface area (Å²) >= 11 is 5.31. The summed E-state index contributed by atoms with van der Waals surface area (Å²) in [5.41, 5.74) is 3.51. The fourth-order valence-electron chi connectivity index (χ4n) is 2.22. The minimum atomic E-state index is 0.663. The van der Waals surface area contributed by atoms with E-state index in [-0.39, 0.29) is 0 Å². The zero-order valence-electron chi connectivity index (χ0n) is 13.1. The van der Waals surface area contributed by atoms with Crippen molar-refractivity contribution in [2.75, 3.05) is 19.0 Å². The highest BCUT2D eigenvalue weighted by molar-refractivity contribution is 7.80. The van der Waals surface area contributed by atoms with Crippen LogP contribution >= 0.6 is 12.2 Å². The Hall–Kier alpha value is -2.07. The number of ether oxygens (including phenoxy) is 1. The Kier molecular flexibility index (Phi) is 6.22. The second-order valence-corrected chi connectivity index (χ2v) is 5.61. The van der Waals surface area contributed by atoms with Crippen LogP contribution in [0, 0.1) is 6.92 Å². The second-order valence-electron chi connectivity index (χ2n) is 5.21. The first-order chi connectivity index (χ1) is 10.7. The third-order valence-electron chi connectivity index (χ3n) is 3.34. The van der Waals surface area contributed by atoms with Crippen LogP contribution in [0.4, 0.5) is 5.69 Å². The Bertz CT molecular complexity index is 628. The molecule has 22 heavy (non-hydrogen) atoms. The predicted molar refractivity (Wildman–Crippen MR) is 96.7 cm³/mol. The standard InChI is InChI=1S/C18H22N2OS/c1-14-6-3-9-16(12-14)20-18(22)19-11-5-8-15-7-4-10-17(13-15)21-2/h3-4,6-7,9-10,12-13H,5,8,11H2,1-2H3,(H2,19,20,22). The van der Waals surface area contributed by atoms with E-state index in [1.807, 2.05) is 24.3 Å². The van der Waals surface area contributed by atoms with E-state index >= 15 is 0 Å². The molecule has 0 aliphatic carbocycles. The number of rotatable bonds is 6. The van der Waals surface area contributed by atoms with Gasteiger partial charge in [-0.1, -0.05) is 24.3 Å². The van der Waals surface area contributed by atoms with Gasteiger partial charge in [0.15, 0.2) is 5.11 Å². The van der Waals surface area contributed by atoms with Crippen molar-refractivity contribution in [3.8, 4) is 5.75 Å². The van der Waals surface area contributed by atoms with Crippen molar-refractivity contribution in [3.63, 3.8) is 0 Å². The summed E-state index contributed by atoms with van der Waals surface area (Å²) in [4.78, 5) is 0. The van der Waals surface area contributed by atoms with Crippen LogP contribution in [0.3, 0.4) is 0 Å². The molecule has 0 atom stereocenters. The maximum atomic E-state index is 5.31. The van der Waals surface area contributed by atoms with E-state index in [0.717, 1.165) is 30.8 Å². The van der Waals surface area contributed by atoms with Crippen molar-refractivity contribution in [2.45, 2.75) is 19.8 Å². The zero-order chi connectivity index (χ0) is 15.8. The zero-order valence-corrected chi connectivity index (χ0v) is 13.9. The van der Waals surface area contributed by atoms with Gasteiger partial charge in [-0.3, -0.25) is 0 Å². The van der Waals surface area contributed by atoms with Crippen molar-refractivity contribution in [1.82, 2.24) is 5.32 Å². The lowest BCUT2D eigenvalue weighted by molar-refractivity contribution is 0.414. The highest BCUT2D eigenvalue weighted by Crippen LogP contribution is 2.13. The summed E-state index contributed by atoms with van der Waals surface area (Å²) in [7, 11) is 1.69. The van der Waals surface area contributed by atoms with E-state index in [4.69, 9.17) is 17.0 Å². The van der Waals surface area contributed by atoms with Gasteiger partial charge < -0.3 is 15.4 Å². The highest BCUT2D eigenvalue weighted by atomic mass is 32.1. The van der Waals surface area contributed by atoms with Crippen LogP contribution in [0.15, 0.2) is 48.5 Å². The van der Waals surface area contributed by atoms with Gasteiger partial charge in [-0.2, -0.15) is 0 Å². The van der Waals surface area contributed by atoms with Gasteiger partial charge in [-0.15, -0.1) is 0 Å². The smallest absolute Gasteiger partial charge is 0.170 e. The van der Waals surface area contributed by atoms with Gasteiger partial charge in [0, 0.05) is 12.2 Å². The summed E-state index contributed by atoms with van der Waals surface area (Å²) < 4.78 is 5.23. The van der Waals surface area contributed by atoms with Crippen LogP contribution in [0.2, 0.25) is 0 Å². The molecule has 2 aromatic carbocycles. The molecule has 0 aliphatic heterocycles. The first-order valence-corrected chi connectivity index (χ1v) is 7.82. The van der Waals surface area contributed by atoms with E-state index in [2.05, 4.69) is 41.8 Å². The second kappa shape index (κ2) is 8.39. The number of benzene rings is 2. The molecule has 4 heteroatoms. The topological polar surface area (TPSA) is 33.3 Å². The van der Waals surface area contributed by atoms with Gasteiger partial charge in [0.05, 0.1) is 7.11 Å². The van der Waals surface area contributed by atoms with E-state index in [9.17, 15) is 0 Å². The van der Waals surface area contributed by atoms with Crippen molar-refractivity contribution in [2.24, 2.45) is 0 Å². The average Bonchev–Trinajstić information content (AvgIpc) is 2.52. The molecule has 0 unspecified atom stereocenters. The molecular formula is C18H22N2OS. The number of aryl methyl sites for hydroxylation is 2. The van der Waals surface area contributed by atoms with Crippen LogP contribution in [0.25, 0.3) is 0 Å². The lowest BCUT2D eigenvalue weighted by atomic mass is 10.1. The van der Waals surface area contributed by atoms with E-state index in [0.29, 0.717) is 5.11 Å². The molecule has 2 rings (SSSR count). The van der Waals surface area contributed by atoms with Gasteiger partial charge in [0.2, 0.25) is 0 Å². The number of anilines is 1. The van der Waals surface area contributed by atoms with Crippen LogP contribution in [-0.4, -0.2) is 18.8 Å². The first-order valence-electron chi connectivity index (χ1n) is 7.42. The quantitative estimate of drug-likeness (QED) is 0.625. The van der Waals surface area contributed by atoms with Crippen LogP contribution in [-0.2, 0) is 6.42 Å². The molecule has 0 aliphatic rings. The Morgan fingerprint density at radius 3 is 2.73 bits per heavy atom. The monoisotopic (exact) mass is 314 g/mol. The van der Waals surface area contributed by atoms with E-state index in [1.54, 1.807) is 7.11 Å². The Morgan fingerprint density at radius 2 is 1.95 bits per heavy atom. The third kappa shape index (κ3) is 5.37. The highest BCUT2D eigenvalue weighted by Gasteiger charge is 1.99. The van der Waals surface area contributed by atoms with Gasteiger partial charge in [0.25, 0.3) is 0 Å². The molecule has 0 spiro atoms. The van der Waals surface area contributed by atoms with Gasteiger partial charge >= 0.3 is 0 Å². The number of nitrogens with one attached hydrogen (secondary N) is 2. The Labute approximate surface area is 137 Å². The van der Waals surface area contributed by atoms with Crippen LogP contribution in [0.1, 0.15) is 17.5 Å². The largest absolute Gasteiger partial charge is 0.497 e. The molecule has 0 heterocycles. The predicted octanol–water partition coefficient (Wildman–Crippen LogP) is 3.92. The molecule has 0 aromatic heterocycles. The lowest BCUT2D eigenvalue weighted by Gasteiger charge is -2.11. The molecule has 0 radical (unpaired) electrons. The molecule has 2 aromatic rings. The summed E-state index contributed by atoms with van der Waals surface area (Å²) in [5.74, 6) is 0.905. The molecule has 116 valence electrons.